The first kappa shape index (κ1) is 13.2. The molecule has 19 heavy (non-hydrogen) atoms. The molecule has 0 aliphatic heterocycles. The molecule has 0 aromatic heterocycles. The van der Waals surface area contributed by atoms with Crippen LogP contribution in [0.1, 0.15) is 11.7 Å². The summed E-state index contributed by atoms with van der Waals surface area (Å²) in [7, 11) is 0. The molecule has 2 rings (SSSR count). The highest BCUT2D eigenvalue weighted by Crippen LogP contribution is 2.27. The van der Waals surface area contributed by atoms with Crippen LogP contribution in [0.3, 0.4) is 0 Å². The molecule has 2 aromatic rings. The van der Waals surface area contributed by atoms with Crippen molar-refractivity contribution in [2.45, 2.75) is 6.10 Å². The predicted molar refractivity (Wildman–Crippen MR) is 64.4 cm³/mol. The van der Waals surface area contributed by atoms with Crippen LogP contribution in [0, 0.1) is 11.6 Å². The Balaban J connectivity index is 2.54. The minimum Gasteiger partial charge on any atom is -0.479 e. The van der Waals surface area contributed by atoms with Crippen molar-refractivity contribution in [2.75, 3.05) is 0 Å². The summed E-state index contributed by atoms with van der Waals surface area (Å²) in [5.41, 5.74) is 0.181. The lowest BCUT2D eigenvalue weighted by atomic mass is 10.00. The summed E-state index contributed by atoms with van der Waals surface area (Å²) in [5.74, 6) is -2.79. The third-order valence-corrected chi connectivity index (χ3v) is 2.65. The summed E-state index contributed by atoms with van der Waals surface area (Å²) < 4.78 is 27.0. The average molecular weight is 264 g/mol. The Morgan fingerprint density at radius 2 is 1.79 bits per heavy atom. The van der Waals surface area contributed by atoms with Gasteiger partial charge in [-0.1, -0.05) is 18.2 Å². The molecule has 1 atom stereocenters. The van der Waals surface area contributed by atoms with Gasteiger partial charge in [0.15, 0.2) is 6.10 Å². The van der Waals surface area contributed by atoms with Crippen LogP contribution < -0.4 is 0 Å². The van der Waals surface area contributed by atoms with Gasteiger partial charge in [0.1, 0.15) is 11.6 Å². The largest absolute Gasteiger partial charge is 0.479 e. The van der Waals surface area contributed by atoms with Gasteiger partial charge >= 0.3 is 5.97 Å². The van der Waals surface area contributed by atoms with E-state index in [1.54, 1.807) is 6.07 Å². The summed E-state index contributed by atoms with van der Waals surface area (Å²) >= 11 is 0. The Bertz CT molecular complexity index is 626. The highest BCUT2D eigenvalue weighted by molar-refractivity contribution is 5.75. The second-order valence-corrected chi connectivity index (χ2v) is 3.99. The first-order valence-electron chi connectivity index (χ1n) is 5.45. The predicted octanol–water partition coefficient (Wildman–Crippen LogP) is 2.75. The molecular weight excluding hydrogens is 254 g/mol. The molecule has 0 heterocycles. The van der Waals surface area contributed by atoms with Gasteiger partial charge < -0.3 is 10.2 Å². The van der Waals surface area contributed by atoms with Crippen LogP contribution in [0.4, 0.5) is 8.78 Å². The van der Waals surface area contributed by atoms with E-state index in [0.29, 0.717) is 0 Å². The number of aliphatic carboxylic acids is 1. The molecule has 0 saturated heterocycles. The molecule has 0 fully saturated rings. The lowest BCUT2D eigenvalue weighted by Crippen LogP contribution is -2.10. The molecule has 0 saturated carbocycles. The van der Waals surface area contributed by atoms with Crippen molar-refractivity contribution in [3.63, 3.8) is 0 Å². The van der Waals surface area contributed by atoms with Gasteiger partial charge in [0.05, 0.1) is 0 Å². The first-order chi connectivity index (χ1) is 8.99. The molecule has 5 heteroatoms. The number of carbonyl (C=O) groups is 1. The first-order valence-corrected chi connectivity index (χ1v) is 5.45. The SMILES string of the molecule is O=C(O)C(O)c1cc(F)cc(-c2ccccc2F)c1. The lowest BCUT2D eigenvalue weighted by Gasteiger charge is -2.09. The third kappa shape index (κ3) is 2.77. The third-order valence-electron chi connectivity index (χ3n) is 2.65. The number of hydrogen-bond acceptors (Lipinski definition) is 2. The van der Waals surface area contributed by atoms with Crippen molar-refractivity contribution < 1.29 is 23.8 Å². The van der Waals surface area contributed by atoms with Gasteiger partial charge in [-0.2, -0.15) is 0 Å². The Morgan fingerprint density at radius 1 is 1.11 bits per heavy atom. The van der Waals surface area contributed by atoms with Gasteiger partial charge in [-0.3, -0.25) is 0 Å². The van der Waals surface area contributed by atoms with E-state index in [1.807, 2.05) is 0 Å². The minimum atomic E-state index is -1.85. The highest BCUT2D eigenvalue weighted by Gasteiger charge is 2.18. The highest BCUT2D eigenvalue weighted by atomic mass is 19.1. The van der Waals surface area contributed by atoms with E-state index in [2.05, 4.69) is 0 Å². The second kappa shape index (κ2) is 5.16. The van der Waals surface area contributed by atoms with Crippen LogP contribution in [-0.4, -0.2) is 16.2 Å². The number of rotatable bonds is 3. The monoisotopic (exact) mass is 264 g/mol. The molecule has 0 bridgehead atoms. The van der Waals surface area contributed by atoms with E-state index in [9.17, 15) is 18.7 Å². The van der Waals surface area contributed by atoms with Gasteiger partial charge in [-0.05, 0) is 35.4 Å². The Labute approximate surface area is 107 Å². The minimum absolute atomic E-state index is 0.134. The standard InChI is InChI=1S/C14H10F2O3/c15-10-6-8(11-3-1-2-4-12(11)16)5-9(7-10)13(17)14(18)19/h1-7,13,17H,(H,18,19). The summed E-state index contributed by atoms with van der Waals surface area (Å²) in [4.78, 5) is 10.7. The Hall–Kier alpha value is -2.27. The van der Waals surface area contributed by atoms with Crippen molar-refractivity contribution in [3.05, 3.63) is 59.7 Å². The fraction of sp³-hybridized carbons (Fsp3) is 0.0714. The van der Waals surface area contributed by atoms with E-state index < -0.39 is 23.7 Å². The van der Waals surface area contributed by atoms with Gasteiger partial charge in [0, 0.05) is 5.56 Å². The Kier molecular flexibility index (Phi) is 3.57. The number of carboxylic acid groups (broad SMARTS) is 1. The van der Waals surface area contributed by atoms with Crippen molar-refractivity contribution in [1.82, 2.24) is 0 Å². The number of aliphatic hydroxyl groups is 1. The molecule has 1 unspecified atom stereocenters. The fourth-order valence-corrected chi connectivity index (χ4v) is 1.76. The molecule has 0 aliphatic carbocycles. The van der Waals surface area contributed by atoms with Crippen LogP contribution in [-0.2, 0) is 4.79 Å². The van der Waals surface area contributed by atoms with Gasteiger partial charge in [-0.25, -0.2) is 13.6 Å². The van der Waals surface area contributed by atoms with Crippen molar-refractivity contribution >= 4 is 5.97 Å². The molecule has 0 radical (unpaired) electrons. The molecule has 0 spiro atoms. The summed E-state index contributed by atoms with van der Waals surface area (Å²) in [6.07, 6.45) is -1.85. The zero-order chi connectivity index (χ0) is 14.0. The van der Waals surface area contributed by atoms with E-state index >= 15 is 0 Å². The molecule has 98 valence electrons. The van der Waals surface area contributed by atoms with Crippen LogP contribution >= 0.6 is 0 Å². The lowest BCUT2D eigenvalue weighted by molar-refractivity contribution is -0.146. The van der Waals surface area contributed by atoms with Crippen LogP contribution in [0.25, 0.3) is 11.1 Å². The maximum Gasteiger partial charge on any atom is 0.337 e. The molecule has 3 nitrogen and oxygen atoms in total. The van der Waals surface area contributed by atoms with Gasteiger partial charge in [0.25, 0.3) is 0 Å². The summed E-state index contributed by atoms with van der Waals surface area (Å²) in [6.45, 7) is 0. The van der Waals surface area contributed by atoms with Crippen molar-refractivity contribution in [2.24, 2.45) is 0 Å². The van der Waals surface area contributed by atoms with Crippen LogP contribution in [0.15, 0.2) is 42.5 Å². The summed E-state index contributed by atoms with van der Waals surface area (Å²) in [5, 5.41) is 18.1. The van der Waals surface area contributed by atoms with E-state index in [-0.39, 0.29) is 16.7 Å². The average Bonchev–Trinajstić information content (AvgIpc) is 2.37. The molecule has 0 aliphatic rings. The number of carboxylic acids is 1. The maximum absolute atomic E-state index is 13.6. The Morgan fingerprint density at radius 3 is 2.42 bits per heavy atom. The fourth-order valence-electron chi connectivity index (χ4n) is 1.76. The quantitative estimate of drug-likeness (QED) is 0.896. The molecule has 0 amide bonds. The maximum atomic E-state index is 13.6. The number of halogens is 2. The molecule has 2 aromatic carbocycles. The van der Waals surface area contributed by atoms with E-state index in [1.165, 1.54) is 24.3 Å². The number of hydrogen-bond donors (Lipinski definition) is 2. The van der Waals surface area contributed by atoms with Crippen LogP contribution in [0.2, 0.25) is 0 Å². The van der Waals surface area contributed by atoms with Crippen molar-refractivity contribution in [1.29, 1.82) is 0 Å². The topological polar surface area (TPSA) is 57.5 Å². The molecule has 2 N–H and O–H groups in total. The zero-order valence-electron chi connectivity index (χ0n) is 9.68. The van der Waals surface area contributed by atoms with Crippen LogP contribution in [0.5, 0.6) is 0 Å². The normalized spacial score (nSPS) is 12.2. The van der Waals surface area contributed by atoms with E-state index in [0.717, 1.165) is 12.1 Å². The molecular formula is C14H10F2O3. The van der Waals surface area contributed by atoms with Gasteiger partial charge in [-0.15, -0.1) is 0 Å². The zero-order valence-corrected chi connectivity index (χ0v) is 9.68. The second-order valence-electron chi connectivity index (χ2n) is 3.99. The summed E-state index contributed by atoms with van der Waals surface area (Å²) in [6, 6.07) is 8.97. The smallest absolute Gasteiger partial charge is 0.337 e. The van der Waals surface area contributed by atoms with Gasteiger partial charge in [0.2, 0.25) is 0 Å². The number of benzene rings is 2. The van der Waals surface area contributed by atoms with Crippen molar-refractivity contribution in [3.8, 4) is 11.1 Å². The van der Waals surface area contributed by atoms with E-state index in [4.69, 9.17) is 5.11 Å². The number of aliphatic hydroxyl groups excluding tert-OH is 1.